The minimum atomic E-state index is -0.000695. The van der Waals surface area contributed by atoms with Gasteiger partial charge >= 0.3 is 6.03 Å². The number of carbonyl (C=O) groups is 1. The van der Waals surface area contributed by atoms with Gasteiger partial charge in [-0.25, -0.2) is 4.79 Å². The topological polar surface area (TPSA) is 61.2 Å². The molecule has 1 atom stereocenters. The Balaban J connectivity index is 1.32. The van der Waals surface area contributed by atoms with Crippen LogP contribution in [0.5, 0.6) is 0 Å². The quantitative estimate of drug-likeness (QED) is 0.839. The average Bonchev–Trinajstić information content (AvgIpc) is 3.21. The minimum absolute atomic E-state index is 0.000695. The molecule has 7 heteroatoms. The molecule has 29 heavy (non-hydrogen) atoms. The Bertz CT molecular complexity index is 780. The Hall–Kier alpha value is -2.51. The van der Waals surface area contributed by atoms with Crippen molar-refractivity contribution in [1.29, 1.82) is 0 Å². The van der Waals surface area contributed by atoms with Crippen LogP contribution in [0.4, 0.5) is 10.5 Å². The molecule has 2 fully saturated rings. The molecule has 0 spiro atoms. The SMILES string of the molecule is Cc1ccc(C(CNC(=O)N2CCN(c3ccccc3)CC2)N2CCOCC2)o1. The van der Waals surface area contributed by atoms with E-state index in [4.69, 9.17) is 9.15 Å². The number of morpholine rings is 1. The summed E-state index contributed by atoms with van der Waals surface area (Å²) in [6.07, 6.45) is 0. The van der Waals surface area contributed by atoms with Gasteiger partial charge in [0.05, 0.1) is 19.3 Å². The lowest BCUT2D eigenvalue weighted by Gasteiger charge is -2.37. The zero-order valence-corrected chi connectivity index (χ0v) is 17.0. The number of para-hydroxylation sites is 1. The number of amides is 2. The maximum absolute atomic E-state index is 12.8. The largest absolute Gasteiger partial charge is 0.465 e. The smallest absolute Gasteiger partial charge is 0.317 e. The van der Waals surface area contributed by atoms with Crippen molar-refractivity contribution in [1.82, 2.24) is 15.1 Å². The van der Waals surface area contributed by atoms with Gasteiger partial charge in [0.2, 0.25) is 0 Å². The van der Waals surface area contributed by atoms with Crippen molar-refractivity contribution in [3.05, 3.63) is 54.0 Å². The molecule has 0 saturated carbocycles. The third kappa shape index (κ3) is 4.92. The van der Waals surface area contributed by atoms with Crippen molar-refractivity contribution in [3.63, 3.8) is 0 Å². The minimum Gasteiger partial charge on any atom is -0.465 e. The van der Waals surface area contributed by atoms with Crippen LogP contribution < -0.4 is 10.2 Å². The first-order valence-electron chi connectivity index (χ1n) is 10.4. The average molecular weight is 399 g/mol. The number of anilines is 1. The molecule has 0 bridgehead atoms. The second kappa shape index (κ2) is 9.33. The maximum atomic E-state index is 12.8. The number of piperazine rings is 1. The van der Waals surface area contributed by atoms with Gasteiger partial charge in [-0.05, 0) is 31.2 Å². The molecule has 156 valence electrons. The summed E-state index contributed by atoms with van der Waals surface area (Å²) in [5.41, 5.74) is 1.22. The number of hydrogen-bond donors (Lipinski definition) is 1. The molecular weight excluding hydrogens is 368 g/mol. The first-order valence-corrected chi connectivity index (χ1v) is 10.4. The van der Waals surface area contributed by atoms with E-state index in [-0.39, 0.29) is 12.1 Å². The summed E-state index contributed by atoms with van der Waals surface area (Å²) in [5, 5.41) is 3.14. The van der Waals surface area contributed by atoms with Gasteiger partial charge in [0.15, 0.2) is 0 Å². The molecule has 1 unspecified atom stereocenters. The van der Waals surface area contributed by atoms with Crippen LogP contribution in [0.3, 0.4) is 0 Å². The molecule has 1 aromatic heterocycles. The van der Waals surface area contributed by atoms with E-state index >= 15 is 0 Å². The number of aryl methyl sites for hydroxylation is 1. The van der Waals surface area contributed by atoms with Gasteiger partial charge in [-0.2, -0.15) is 0 Å². The standard InChI is InChI=1S/C22H30N4O3/c1-18-7-8-21(29-18)20(25-13-15-28-16-14-25)17-23-22(27)26-11-9-24(10-12-26)19-5-3-2-4-6-19/h2-8,20H,9-17H2,1H3,(H,23,27). The molecule has 3 heterocycles. The summed E-state index contributed by atoms with van der Waals surface area (Å²) in [7, 11) is 0. The summed E-state index contributed by atoms with van der Waals surface area (Å²) < 4.78 is 11.4. The van der Waals surface area contributed by atoms with E-state index in [0.29, 0.717) is 19.8 Å². The summed E-state index contributed by atoms with van der Waals surface area (Å²) in [6, 6.07) is 14.4. The second-order valence-electron chi connectivity index (χ2n) is 7.61. The van der Waals surface area contributed by atoms with Gasteiger partial charge in [0, 0.05) is 51.5 Å². The zero-order chi connectivity index (χ0) is 20.1. The molecule has 2 amide bonds. The molecule has 1 aromatic carbocycles. The molecule has 2 aliphatic rings. The number of hydrogen-bond acceptors (Lipinski definition) is 5. The summed E-state index contributed by atoms with van der Waals surface area (Å²) in [5.74, 6) is 1.79. The van der Waals surface area contributed by atoms with Crippen molar-refractivity contribution >= 4 is 11.7 Å². The van der Waals surface area contributed by atoms with E-state index < -0.39 is 0 Å². The number of furan rings is 1. The van der Waals surface area contributed by atoms with Crippen LogP contribution in [0.1, 0.15) is 17.6 Å². The van der Waals surface area contributed by atoms with Crippen LogP contribution in [0.2, 0.25) is 0 Å². The Morgan fingerprint density at radius 3 is 2.38 bits per heavy atom. The Morgan fingerprint density at radius 2 is 1.72 bits per heavy atom. The van der Waals surface area contributed by atoms with E-state index in [1.54, 1.807) is 0 Å². The van der Waals surface area contributed by atoms with Crippen molar-refractivity contribution < 1.29 is 13.9 Å². The summed E-state index contributed by atoms with van der Waals surface area (Å²) in [6.45, 7) is 8.74. The number of rotatable bonds is 5. The molecule has 0 aliphatic carbocycles. The molecular formula is C22H30N4O3. The van der Waals surface area contributed by atoms with Crippen molar-refractivity contribution in [3.8, 4) is 0 Å². The third-order valence-corrected chi connectivity index (χ3v) is 5.71. The van der Waals surface area contributed by atoms with Gasteiger partial charge in [-0.15, -0.1) is 0 Å². The number of ether oxygens (including phenoxy) is 1. The molecule has 1 N–H and O–H groups in total. The number of nitrogens with zero attached hydrogens (tertiary/aromatic N) is 3. The van der Waals surface area contributed by atoms with Gasteiger partial charge in [0.25, 0.3) is 0 Å². The Labute approximate surface area is 172 Å². The van der Waals surface area contributed by atoms with E-state index in [9.17, 15) is 4.79 Å². The number of benzene rings is 1. The van der Waals surface area contributed by atoms with Gasteiger partial charge in [-0.3, -0.25) is 4.90 Å². The Kier molecular flexibility index (Phi) is 6.36. The highest BCUT2D eigenvalue weighted by molar-refractivity contribution is 5.74. The molecule has 2 aliphatic heterocycles. The van der Waals surface area contributed by atoms with E-state index in [1.807, 2.05) is 30.0 Å². The number of carbonyl (C=O) groups excluding carboxylic acids is 1. The van der Waals surface area contributed by atoms with E-state index in [1.165, 1.54) is 5.69 Å². The lowest BCUT2D eigenvalue weighted by molar-refractivity contribution is 0.0119. The van der Waals surface area contributed by atoms with Gasteiger partial charge in [0.1, 0.15) is 11.5 Å². The molecule has 4 rings (SSSR count). The van der Waals surface area contributed by atoms with E-state index in [0.717, 1.165) is 50.8 Å². The fraction of sp³-hybridized carbons (Fsp3) is 0.500. The molecule has 2 aromatic rings. The number of nitrogens with one attached hydrogen (secondary N) is 1. The van der Waals surface area contributed by atoms with Crippen LogP contribution in [0.25, 0.3) is 0 Å². The van der Waals surface area contributed by atoms with Gasteiger partial charge < -0.3 is 24.3 Å². The van der Waals surface area contributed by atoms with Crippen LogP contribution in [0.15, 0.2) is 46.9 Å². The first-order chi connectivity index (χ1) is 14.2. The predicted octanol–water partition coefficient (Wildman–Crippen LogP) is 2.49. The van der Waals surface area contributed by atoms with Crippen molar-refractivity contribution in [2.75, 3.05) is 63.9 Å². The van der Waals surface area contributed by atoms with Crippen LogP contribution in [-0.4, -0.2) is 74.9 Å². The molecule has 7 nitrogen and oxygen atoms in total. The highest BCUT2D eigenvalue weighted by atomic mass is 16.5. The zero-order valence-electron chi connectivity index (χ0n) is 17.0. The Morgan fingerprint density at radius 1 is 1.00 bits per heavy atom. The second-order valence-corrected chi connectivity index (χ2v) is 7.61. The lowest BCUT2D eigenvalue weighted by atomic mass is 10.1. The highest BCUT2D eigenvalue weighted by Crippen LogP contribution is 2.23. The van der Waals surface area contributed by atoms with Crippen molar-refractivity contribution in [2.24, 2.45) is 0 Å². The molecule has 2 saturated heterocycles. The summed E-state index contributed by atoms with van der Waals surface area (Å²) in [4.78, 5) is 19.3. The fourth-order valence-corrected chi connectivity index (χ4v) is 4.03. The predicted molar refractivity (Wildman–Crippen MR) is 112 cm³/mol. The number of urea groups is 1. The normalized spacial score (nSPS) is 19.2. The molecule has 0 radical (unpaired) electrons. The van der Waals surface area contributed by atoms with Crippen molar-refractivity contribution in [2.45, 2.75) is 13.0 Å². The van der Waals surface area contributed by atoms with Crippen LogP contribution in [-0.2, 0) is 4.74 Å². The maximum Gasteiger partial charge on any atom is 0.317 e. The third-order valence-electron chi connectivity index (χ3n) is 5.71. The van der Waals surface area contributed by atoms with Crippen LogP contribution >= 0.6 is 0 Å². The van der Waals surface area contributed by atoms with E-state index in [2.05, 4.69) is 39.4 Å². The fourth-order valence-electron chi connectivity index (χ4n) is 4.03. The lowest BCUT2D eigenvalue weighted by Crippen LogP contribution is -2.53. The monoisotopic (exact) mass is 398 g/mol. The summed E-state index contributed by atoms with van der Waals surface area (Å²) >= 11 is 0. The first kappa shape index (κ1) is 19.8. The van der Waals surface area contributed by atoms with Crippen LogP contribution in [0, 0.1) is 6.92 Å². The highest BCUT2D eigenvalue weighted by Gasteiger charge is 2.27. The van der Waals surface area contributed by atoms with Gasteiger partial charge in [-0.1, -0.05) is 18.2 Å².